The lowest BCUT2D eigenvalue weighted by Crippen LogP contribution is -2.48. The van der Waals surface area contributed by atoms with E-state index < -0.39 is 18.5 Å². The Morgan fingerprint density at radius 2 is 1.95 bits per heavy atom. The molecule has 110 valence electrons. The number of rotatable bonds is 3. The van der Waals surface area contributed by atoms with Crippen molar-refractivity contribution in [2.45, 2.75) is 52.9 Å². The molecule has 1 aliphatic rings. The standard InChI is InChI=1S/C13H23NO5/c1-12(2,3)8-13(4,5)14(6)10(15)18-9-7-17-11(16)19-9/h9H,7-8H2,1-6H3. The van der Waals surface area contributed by atoms with Gasteiger partial charge in [-0.3, -0.25) is 0 Å². The topological polar surface area (TPSA) is 65.1 Å². The van der Waals surface area contributed by atoms with Crippen molar-refractivity contribution >= 4 is 12.2 Å². The summed E-state index contributed by atoms with van der Waals surface area (Å²) in [5.41, 5.74) is -0.278. The number of ether oxygens (including phenoxy) is 3. The van der Waals surface area contributed by atoms with Gasteiger partial charge in [0, 0.05) is 12.6 Å². The molecule has 0 saturated carbocycles. The van der Waals surface area contributed by atoms with E-state index >= 15 is 0 Å². The van der Waals surface area contributed by atoms with Crippen molar-refractivity contribution < 1.29 is 23.8 Å². The summed E-state index contributed by atoms with van der Waals surface area (Å²) in [6, 6.07) is 0. The molecule has 1 atom stereocenters. The zero-order valence-electron chi connectivity index (χ0n) is 12.5. The maximum Gasteiger partial charge on any atom is 0.511 e. The highest BCUT2D eigenvalue weighted by molar-refractivity contribution is 5.69. The summed E-state index contributed by atoms with van der Waals surface area (Å²) in [5.74, 6) is 0. The molecule has 1 saturated heterocycles. The van der Waals surface area contributed by atoms with Gasteiger partial charge < -0.3 is 19.1 Å². The van der Waals surface area contributed by atoms with Crippen LogP contribution in [0.1, 0.15) is 41.0 Å². The van der Waals surface area contributed by atoms with E-state index in [9.17, 15) is 9.59 Å². The van der Waals surface area contributed by atoms with Crippen molar-refractivity contribution in [1.82, 2.24) is 4.90 Å². The van der Waals surface area contributed by atoms with Crippen LogP contribution in [0, 0.1) is 5.41 Å². The van der Waals surface area contributed by atoms with E-state index in [0.29, 0.717) is 0 Å². The maximum atomic E-state index is 12.0. The van der Waals surface area contributed by atoms with E-state index in [1.165, 1.54) is 4.90 Å². The quantitative estimate of drug-likeness (QED) is 0.740. The van der Waals surface area contributed by atoms with Crippen LogP contribution in [0.5, 0.6) is 0 Å². The molecule has 1 unspecified atom stereocenters. The highest BCUT2D eigenvalue weighted by Gasteiger charge is 2.36. The first kappa shape index (κ1) is 15.6. The number of carbonyl (C=O) groups is 2. The second-order valence-electron chi connectivity index (χ2n) is 6.60. The van der Waals surface area contributed by atoms with Crippen LogP contribution in [-0.4, -0.2) is 42.6 Å². The van der Waals surface area contributed by atoms with Crippen molar-refractivity contribution in [3.05, 3.63) is 0 Å². The lowest BCUT2D eigenvalue weighted by atomic mass is 9.81. The lowest BCUT2D eigenvalue weighted by molar-refractivity contribution is -0.0524. The molecule has 1 fully saturated rings. The first-order valence-corrected chi connectivity index (χ1v) is 6.29. The van der Waals surface area contributed by atoms with Crippen LogP contribution in [0.2, 0.25) is 0 Å². The fourth-order valence-corrected chi connectivity index (χ4v) is 2.22. The summed E-state index contributed by atoms with van der Waals surface area (Å²) < 4.78 is 14.3. The van der Waals surface area contributed by atoms with Gasteiger partial charge in [-0.25, -0.2) is 9.59 Å². The Bertz CT molecular complexity index is 359. The third-order valence-corrected chi connectivity index (χ3v) is 2.94. The van der Waals surface area contributed by atoms with Gasteiger partial charge in [0.25, 0.3) is 6.29 Å². The van der Waals surface area contributed by atoms with Crippen molar-refractivity contribution in [3.8, 4) is 0 Å². The number of cyclic esters (lactones) is 2. The summed E-state index contributed by atoms with van der Waals surface area (Å²) in [7, 11) is 1.67. The van der Waals surface area contributed by atoms with E-state index in [4.69, 9.17) is 4.74 Å². The van der Waals surface area contributed by atoms with Crippen molar-refractivity contribution in [2.75, 3.05) is 13.7 Å². The summed E-state index contributed by atoms with van der Waals surface area (Å²) in [4.78, 5) is 24.3. The summed E-state index contributed by atoms with van der Waals surface area (Å²) in [5, 5.41) is 0. The second-order valence-corrected chi connectivity index (χ2v) is 6.60. The Hall–Kier alpha value is -1.46. The molecule has 1 aliphatic heterocycles. The summed E-state index contributed by atoms with van der Waals surface area (Å²) >= 11 is 0. The minimum Gasteiger partial charge on any atom is -0.426 e. The number of nitrogens with zero attached hydrogens (tertiary/aromatic N) is 1. The van der Waals surface area contributed by atoms with E-state index in [0.717, 1.165) is 6.42 Å². The van der Waals surface area contributed by atoms with Crippen LogP contribution in [-0.2, 0) is 14.2 Å². The number of hydrogen-bond donors (Lipinski definition) is 0. The summed E-state index contributed by atoms with van der Waals surface area (Å²) in [6.45, 7) is 10.2. The van der Waals surface area contributed by atoms with Gasteiger partial charge >= 0.3 is 12.2 Å². The molecule has 19 heavy (non-hydrogen) atoms. The van der Waals surface area contributed by atoms with Crippen LogP contribution < -0.4 is 0 Å². The Morgan fingerprint density at radius 3 is 2.37 bits per heavy atom. The van der Waals surface area contributed by atoms with Gasteiger partial charge in [0.15, 0.2) is 6.61 Å². The highest BCUT2D eigenvalue weighted by Crippen LogP contribution is 2.31. The van der Waals surface area contributed by atoms with E-state index in [-0.39, 0.29) is 17.6 Å². The Balaban J connectivity index is 2.58. The highest BCUT2D eigenvalue weighted by atomic mass is 16.8. The molecule has 0 aromatic rings. The molecular formula is C13H23NO5. The van der Waals surface area contributed by atoms with Gasteiger partial charge in [-0.2, -0.15) is 0 Å². The number of amides is 1. The molecule has 0 aliphatic carbocycles. The lowest BCUT2D eigenvalue weighted by Gasteiger charge is -2.39. The monoisotopic (exact) mass is 273 g/mol. The second kappa shape index (κ2) is 5.27. The van der Waals surface area contributed by atoms with Gasteiger partial charge in [-0.1, -0.05) is 20.8 Å². The van der Waals surface area contributed by atoms with E-state index in [1.807, 2.05) is 13.8 Å². The largest absolute Gasteiger partial charge is 0.511 e. The number of carbonyl (C=O) groups excluding carboxylic acids is 2. The van der Waals surface area contributed by atoms with Crippen LogP contribution in [0.15, 0.2) is 0 Å². The smallest absolute Gasteiger partial charge is 0.426 e. The minimum absolute atomic E-state index is 0.0574. The summed E-state index contributed by atoms with van der Waals surface area (Å²) in [6.07, 6.45) is -1.48. The normalized spacial score (nSPS) is 19.7. The van der Waals surface area contributed by atoms with E-state index in [1.54, 1.807) is 7.05 Å². The number of hydrogen-bond acceptors (Lipinski definition) is 5. The average molecular weight is 273 g/mol. The van der Waals surface area contributed by atoms with Crippen LogP contribution >= 0.6 is 0 Å². The predicted octanol–water partition coefficient (Wildman–Crippen LogP) is 2.76. The minimum atomic E-state index is -0.951. The maximum absolute atomic E-state index is 12.0. The van der Waals surface area contributed by atoms with Crippen molar-refractivity contribution in [1.29, 1.82) is 0 Å². The molecule has 1 amide bonds. The fourth-order valence-electron chi connectivity index (χ4n) is 2.22. The first-order valence-electron chi connectivity index (χ1n) is 6.29. The molecule has 1 heterocycles. The molecule has 0 radical (unpaired) electrons. The van der Waals surface area contributed by atoms with E-state index in [2.05, 4.69) is 30.2 Å². The fraction of sp³-hybridized carbons (Fsp3) is 0.846. The average Bonchev–Trinajstić information content (AvgIpc) is 2.59. The molecule has 0 bridgehead atoms. The third-order valence-electron chi connectivity index (χ3n) is 2.94. The third kappa shape index (κ3) is 4.61. The Labute approximate surface area is 114 Å². The van der Waals surface area contributed by atoms with Gasteiger partial charge in [-0.05, 0) is 25.7 Å². The molecule has 0 aromatic carbocycles. The van der Waals surface area contributed by atoms with Crippen LogP contribution in [0.3, 0.4) is 0 Å². The molecule has 0 N–H and O–H groups in total. The van der Waals surface area contributed by atoms with Gasteiger partial charge in [-0.15, -0.1) is 0 Å². The first-order chi connectivity index (χ1) is 8.51. The van der Waals surface area contributed by atoms with Gasteiger partial charge in [0.2, 0.25) is 0 Å². The molecule has 0 aromatic heterocycles. The molecule has 6 nitrogen and oxygen atoms in total. The molecule has 1 rings (SSSR count). The molecular weight excluding hydrogens is 250 g/mol. The molecule has 0 spiro atoms. The molecule has 6 heteroatoms. The van der Waals surface area contributed by atoms with Crippen molar-refractivity contribution in [3.63, 3.8) is 0 Å². The van der Waals surface area contributed by atoms with Crippen LogP contribution in [0.25, 0.3) is 0 Å². The zero-order valence-corrected chi connectivity index (χ0v) is 12.5. The predicted molar refractivity (Wildman–Crippen MR) is 68.6 cm³/mol. The SMILES string of the molecule is CN(C(=O)OC1COC(=O)O1)C(C)(C)CC(C)(C)C. The van der Waals surface area contributed by atoms with Crippen molar-refractivity contribution in [2.24, 2.45) is 5.41 Å². The van der Waals surface area contributed by atoms with Gasteiger partial charge in [0.1, 0.15) is 0 Å². The van der Waals surface area contributed by atoms with Crippen LogP contribution in [0.4, 0.5) is 9.59 Å². The Kier molecular flexibility index (Phi) is 4.32. The van der Waals surface area contributed by atoms with Gasteiger partial charge in [0.05, 0.1) is 0 Å². The zero-order chi connectivity index (χ0) is 14.8. The Morgan fingerprint density at radius 1 is 1.37 bits per heavy atom.